The fourth-order valence-corrected chi connectivity index (χ4v) is 2.16. The maximum absolute atomic E-state index is 11.8. The normalized spacial score (nSPS) is 15.5. The predicted octanol–water partition coefficient (Wildman–Crippen LogP) is 3.06. The lowest BCUT2D eigenvalue weighted by atomic mass is 10.1. The van der Waals surface area contributed by atoms with E-state index < -0.39 is 0 Å². The molecule has 0 spiro atoms. The van der Waals surface area contributed by atoms with Gasteiger partial charge >= 0.3 is 6.03 Å². The van der Waals surface area contributed by atoms with Crippen molar-refractivity contribution in [3.05, 3.63) is 24.3 Å². The Morgan fingerprint density at radius 1 is 1.42 bits per heavy atom. The summed E-state index contributed by atoms with van der Waals surface area (Å²) >= 11 is 0. The highest BCUT2D eigenvalue weighted by Gasteiger charge is 2.18. The number of amides is 2. The number of hydrogen-bond donors (Lipinski definition) is 2. The van der Waals surface area contributed by atoms with Gasteiger partial charge in [-0.05, 0) is 37.0 Å². The molecular formula is C15H23N3O. The van der Waals surface area contributed by atoms with E-state index in [0.29, 0.717) is 5.92 Å². The van der Waals surface area contributed by atoms with Crippen molar-refractivity contribution in [2.75, 3.05) is 29.9 Å². The Bertz CT molecular complexity index is 431. The molecule has 1 heterocycles. The topological polar surface area (TPSA) is 44.4 Å². The summed E-state index contributed by atoms with van der Waals surface area (Å²) in [7, 11) is 0. The lowest BCUT2D eigenvalue weighted by Crippen LogP contribution is -2.46. The van der Waals surface area contributed by atoms with E-state index >= 15 is 0 Å². The van der Waals surface area contributed by atoms with Gasteiger partial charge in [0.1, 0.15) is 0 Å². The first-order valence-corrected chi connectivity index (χ1v) is 7.06. The molecule has 19 heavy (non-hydrogen) atoms. The van der Waals surface area contributed by atoms with Gasteiger partial charge in [-0.1, -0.05) is 19.9 Å². The van der Waals surface area contributed by atoms with Crippen molar-refractivity contribution in [2.24, 2.45) is 5.92 Å². The van der Waals surface area contributed by atoms with Crippen LogP contribution in [0.3, 0.4) is 0 Å². The molecule has 4 heteroatoms. The molecule has 2 N–H and O–H groups in total. The van der Waals surface area contributed by atoms with Gasteiger partial charge in [0, 0.05) is 31.0 Å². The van der Waals surface area contributed by atoms with Crippen LogP contribution in [0.25, 0.3) is 0 Å². The van der Waals surface area contributed by atoms with Crippen LogP contribution in [0.5, 0.6) is 0 Å². The van der Waals surface area contributed by atoms with E-state index in [9.17, 15) is 4.79 Å². The van der Waals surface area contributed by atoms with Gasteiger partial charge in [-0.2, -0.15) is 0 Å². The highest BCUT2D eigenvalue weighted by molar-refractivity contribution is 5.93. The molecule has 0 bridgehead atoms. The molecule has 0 aromatic heterocycles. The zero-order valence-electron chi connectivity index (χ0n) is 11.8. The van der Waals surface area contributed by atoms with Crippen LogP contribution in [0.2, 0.25) is 0 Å². The van der Waals surface area contributed by atoms with Gasteiger partial charge in [-0.25, -0.2) is 4.79 Å². The van der Waals surface area contributed by atoms with Crippen molar-refractivity contribution in [3.63, 3.8) is 0 Å². The highest BCUT2D eigenvalue weighted by Crippen LogP contribution is 2.21. The summed E-state index contributed by atoms with van der Waals surface area (Å²) in [5.74, 6) is 0.698. The van der Waals surface area contributed by atoms with Gasteiger partial charge in [0.25, 0.3) is 0 Å². The van der Waals surface area contributed by atoms with Crippen molar-refractivity contribution in [2.45, 2.75) is 26.7 Å². The predicted molar refractivity (Wildman–Crippen MR) is 79.7 cm³/mol. The van der Waals surface area contributed by atoms with Gasteiger partial charge in [0.05, 0.1) is 0 Å². The molecule has 0 saturated carbocycles. The number of hydrogen-bond acceptors (Lipinski definition) is 2. The van der Waals surface area contributed by atoms with Gasteiger partial charge < -0.3 is 10.6 Å². The Kier molecular flexibility index (Phi) is 4.66. The smallest absolute Gasteiger partial charge is 0.321 e. The summed E-state index contributed by atoms with van der Waals surface area (Å²) in [6.45, 7) is 6.97. The summed E-state index contributed by atoms with van der Waals surface area (Å²) in [5.41, 5.74) is 2.04. The van der Waals surface area contributed by atoms with E-state index in [0.717, 1.165) is 43.9 Å². The van der Waals surface area contributed by atoms with Crippen LogP contribution in [0, 0.1) is 5.92 Å². The Morgan fingerprint density at radius 3 is 3.00 bits per heavy atom. The molecule has 2 rings (SSSR count). The van der Waals surface area contributed by atoms with Crippen LogP contribution in [0.4, 0.5) is 16.2 Å². The first-order valence-electron chi connectivity index (χ1n) is 7.06. The number of urea groups is 1. The van der Waals surface area contributed by atoms with Crippen LogP contribution in [0.15, 0.2) is 24.3 Å². The molecule has 1 aromatic carbocycles. The fraction of sp³-hybridized carbons (Fsp3) is 0.533. The molecule has 0 unspecified atom stereocenters. The Morgan fingerprint density at radius 2 is 2.26 bits per heavy atom. The van der Waals surface area contributed by atoms with E-state index in [1.54, 1.807) is 4.90 Å². The minimum absolute atomic E-state index is 0.00517. The molecule has 1 aliphatic heterocycles. The summed E-state index contributed by atoms with van der Waals surface area (Å²) in [6, 6.07) is 8.08. The Balaban J connectivity index is 2.00. The number of rotatable bonds is 5. The van der Waals surface area contributed by atoms with E-state index in [1.807, 2.05) is 24.3 Å². The molecule has 2 amide bonds. The zero-order chi connectivity index (χ0) is 13.7. The largest absolute Gasteiger partial charge is 0.385 e. The van der Waals surface area contributed by atoms with Crippen LogP contribution >= 0.6 is 0 Å². The standard InChI is InChI=1S/C15H23N3O/c1-12(2)7-9-16-13-5-3-6-14(11-13)18-10-4-8-17-15(18)19/h3,5-6,11-12,16H,4,7-10H2,1-2H3,(H,17,19). The molecule has 0 radical (unpaired) electrons. The number of benzene rings is 1. The number of carbonyl (C=O) groups excluding carboxylic acids is 1. The maximum atomic E-state index is 11.8. The number of nitrogens with one attached hydrogen (secondary N) is 2. The fourth-order valence-electron chi connectivity index (χ4n) is 2.16. The van der Waals surface area contributed by atoms with Crippen LogP contribution in [-0.2, 0) is 0 Å². The summed E-state index contributed by atoms with van der Waals surface area (Å²) in [6.07, 6.45) is 2.14. The molecule has 104 valence electrons. The molecule has 1 saturated heterocycles. The van der Waals surface area contributed by atoms with Crippen molar-refractivity contribution >= 4 is 17.4 Å². The van der Waals surface area contributed by atoms with Crippen LogP contribution < -0.4 is 15.5 Å². The third-order valence-electron chi connectivity index (χ3n) is 3.29. The monoisotopic (exact) mass is 261 g/mol. The second-order valence-electron chi connectivity index (χ2n) is 5.40. The van der Waals surface area contributed by atoms with E-state index in [1.165, 1.54) is 0 Å². The second kappa shape index (κ2) is 6.45. The number of nitrogens with zero attached hydrogens (tertiary/aromatic N) is 1. The summed E-state index contributed by atoms with van der Waals surface area (Å²) < 4.78 is 0. The molecule has 1 aliphatic rings. The SMILES string of the molecule is CC(C)CCNc1cccc(N2CCCNC2=O)c1. The Labute approximate surface area is 115 Å². The molecular weight excluding hydrogens is 238 g/mol. The number of anilines is 2. The summed E-state index contributed by atoms with van der Waals surface area (Å²) in [4.78, 5) is 13.6. The molecule has 1 fully saturated rings. The summed E-state index contributed by atoms with van der Waals surface area (Å²) in [5, 5.41) is 6.29. The first-order chi connectivity index (χ1) is 9.16. The number of carbonyl (C=O) groups is 1. The maximum Gasteiger partial charge on any atom is 0.321 e. The Hall–Kier alpha value is -1.71. The quantitative estimate of drug-likeness (QED) is 0.855. The van der Waals surface area contributed by atoms with E-state index in [2.05, 4.69) is 24.5 Å². The van der Waals surface area contributed by atoms with Gasteiger partial charge in [-0.15, -0.1) is 0 Å². The van der Waals surface area contributed by atoms with Gasteiger partial charge in [0.15, 0.2) is 0 Å². The minimum atomic E-state index is 0.00517. The molecule has 0 aliphatic carbocycles. The second-order valence-corrected chi connectivity index (χ2v) is 5.40. The first kappa shape index (κ1) is 13.7. The van der Waals surface area contributed by atoms with E-state index in [-0.39, 0.29) is 6.03 Å². The van der Waals surface area contributed by atoms with Gasteiger partial charge in [-0.3, -0.25) is 4.90 Å². The van der Waals surface area contributed by atoms with Crippen molar-refractivity contribution in [1.29, 1.82) is 0 Å². The molecule has 4 nitrogen and oxygen atoms in total. The molecule has 0 atom stereocenters. The van der Waals surface area contributed by atoms with Crippen molar-refractivity contribution < 1.29 is 4.79 Å². The average Bonchev–Trinajstić information content (AvgIpc) is 2.39. The molecule has 1 aromatic rings. The van der Waals surface area contributed by atoms with Crippen molar-refractivity contribution in [1.82, 2.24) is 5.32 Å². The van der Waals surface area contributed by atoms with Crippen molar-refractivity contribution in [3.8, 4) is 0 Å². The van der Waals surface area contributed by atoms with E-state index in [4.69, 9.17) is 0 Å². The lowest BCUT2D eigenvalue weighted by Gasteiger charge is -2.27. The van der Waals surface area contributed by atoms with Crippen LogP contribution in [0.1, 0.15) is 26.7 Å². The third kappa shape index (κ3) is 3.88. The minimum Gasteiger partial charge on any atom is -0.385 e. The van der Waals surface area contributed by atoms with Gasteiger partial charge in [0.2, 0.25) is 0 Å². The van der Waals surface area contributed by atoms with Crippen LogP contribution in [-0.4, -0.2) is 25.7 Å². The lowest BCUT2D eigenvalue weighted by molar-refractivity contribution is 0.243. The average molecular weight is 261 g/mol. The highest BCUT2D eigenvalue weighted by atomic mass is 16.2. The zero-order valence-corrected chi connectivity index (χ0v) is 11.8. The third-order valence-corrected chi connectivity index (χ3v) is 3.29.